The Morgan fingerprint density at radius 2 is 1.66 bits per heavy atom. The quantitative estimate of drug-likeness (QED) is 0.264. The molecule has 0 fully saturated rings. The molecule has 0 aliphatic rings. The number of alkyl halides is 4. The number of hydrogen-bond donors (Lipinski definition) is 0. The zero-order chi connectivity index (χ0) is 21.8. The van der Waals surface area contributed by atoms with Crippen LogP contribution in [0.25, 0.3) is 0 Å². The first-order chi connectivity index (χ1) is 13.6. The smallest absolute Gasteiger partial charge is 0.428 e. The van der Waals surface area contributed by atoms with Crippen LogP contribution in [0, 0.1) is 11.6 Å². The van der Waals surface area contributed by atoms with Crippen LogP contribution in [-0.4, -0.2) is 37.0 Å². The molecule has 0 heterocycles. The van der Waals surface area contributed by atoms with Gasteiger partial charge >= 0.3 is 12.1 Å². The fraction of sp³-hybridized carbons (Fsp3) is 0.222. The van der Waals surface area contributed by atoms with Gasteiger partial charge in [0.2, 0.25) is 10.7 Å². The molecular weight excluding hydrogens is 439 g/mol. The molecule has 5 nitrogen and oxygen atoms in total. The van der Waals surface area contributed by atoms with Crippen LogP contribution >= 0.6 is 23.2 Å². The van der Waals surface area contributed by atoms with E-state index >= 15 is 0 Å². The number of hydrogen-bond acceptors (Lipinski definition) is 3. The molecule has 11 heteroatoms. The van der Waals surface area contributed by atoms with Gasteiger partial charge in [0.05, 0.1) is 7.11 Å². The molecule has 2 aromatic carbocycles. The molecule has 2 rings (SSSR count). The van der Waals surface area contributed by atoms with Gasteiger partial charge in [-0.15, -0.1) is 0 Å². The van der Waals surface area contributed by atoms with Gasteiger partial charge in [0.25, 0.3) is 0 Å². The Bertz CT molecular complexity index is 888. The summed E-state index contributed by atoms with van der Waals surface area (Å²) in [5, 5.41) is 0. The summed E-state index contributed by atoms with van der Waals surface area (Å²) in [7, 11) is 2.42. The number of methoxy groups -OCH3 is 1. The Morgan fingerprint density at radius 3 is 2.14 bits per heavy atom. The highest BCUT2D eigenvalue weighted by atomic mass is 35.5. The monoisotopic (exact) mass is 452 g/mol. The summed E-state index contributed by atoms with van der Waals surface area (Å²) in [6.07, 6.45) is -3.81. The number of rotatable bonds is 5. The van der Waals surface area contributed by atoms with Crippen molar-refractivity contribution >= 4 is 40.8 Å². The van der Waals surface area contributed by atoms with Gasteiger partial charge in [0.15, 0.2) is 0 Å². The second kappa shape index (κ2) is 9.32. The summed E-state index contributed by atoms with van der Waals surface area (Å²) in [5.74, 6) is -2.73. The third-order valence-electron chi connectivity index (χ3n) is 3.59. The first-order valence-corrected chi connectivity index (χ1v) is 8.74. The maximum Gasteiger partial charge on any atom is 0.428 e. The molecule has 0 aliphatic carbocycles. The molecule has 0 saturated heterocycles. The number of nitrogens with zero attached hydrogens (tertiary/aromatic N) is 2. The lowest BCUT2D eigenvalue weighted by Crippen LogP contribution is -2.32. The summed E-state index contributed by atoms with van der Waals surface area (Å²) in [6.45, 7) is 0. The van der Waals surface area contributed by atoms with E-state index in [-0.39, 0.29) is 11.4 Å². The highest BCUT2D eigenvalue weighted by molar-refractivity contribution is 6.44. The van der Waals surface area contributed by atoms with Crippen molar-refractivity contribution in [2.45, 2.75) is 10.9 Å². The van der Waals surface area contributed by atoms with Gasteiger partial charge < -0.3 is 9.47 Å². The number of ether oxygens (including phenoxy) is 2. The minimum atomic E-state index is -3.81. The Hall–Kier alpha value is -2.52. The molecule has 156 valence electrons. The molecule has 0 bridgehead atoms. The first kappa shape index (κ1) is 22.8. The van der Waals surface area contributed by atoms with Crippen LogP contribution in [0.4, 0.5) is 28.0 Å². The SMILES string of the molecule is COC(=NC(=O)N(C)c1ccc(OC(F)(F)C(Cl)Cl)cc1)c1c(F)cccc1F. The number of carbonyl (C=O) groups is 1. The maximum absolute atomic E-state index is 13.9. The van der Waals surface area contributed by atoms with Crippen molar-refractivity contribution in [1.29, 1.82) is 0 Å². The second-order valence-corrected chi connectivity index (χ2v) is 6.61. The van der Waals surface area contributed by atoms with E-state index in [9.17, 15) is 22.4 Å². The van der Waals surface area contributed by atoms with Crippen LogP contribution in [0.5, 0.6) is 5.75 Å². The van der Waals surface area contributed by atoms with Gasteiger partial charge in [-0.2, -0.15) is 13.8 Å². The van der Waals surface area contributed by atoms with E-state index in [0.29, 0.717) is 0 Å². The molecule has 2 aromatic rings. The van der Waals surface area contributed by atoms with Crippen LogP contribution in [-0.2, 0) is 4.74 Å². The number of anilines is 1. The standard InChI is InChI=1S/C18H14Cl2F4N2O3/c1-26(10-6-8-11(9-7-10)29-18(23,24)16(19)20)17(27)25-15(28-2)14-12(21)4-3-5-13(14)22/h3-9,16H,1-2H3. The molecule has 0 aromatic heterocycles. The number of amides is 2. The highest BCUT2D eigenvalue weighted by Gasteiger charge is 2.40. The second-order valence-electron chi connectivity index (χ2n) is 5.52. The molecule has 0 N–H and O–H groups in total. The van der Waals surface area contributed by atoms with Gasteiger partial charge in [-0.1, -0.05) is 29.3 Å². The molecule has 2 amide bonds. The Labute approximate surface area is 173 Å². The Balaban J connectivity index is 2.22. The number of urea groups is 1. The van der Waals surface area contributed by atoms with Crippen molar-refractivity contribution in [1.82, 2.24) is 0 Å². The summed E-state index contributed by atoms with van der Waals surface area (Å²) in [5.41, 5.74) is -0.369. The number of benzene rings is 2. The van der Waals surface area contributed by atoms with E-state index in [0.717, 1.165) is 42.3 Å². The molecule has 29 heavy (non-hydrogen) atoms. The number of aliphatic imine (C=N–C) groups is 1. The summed E-state index contributed by atoms with van der Waals surface area (Å²) >= 11 is 10.3. The lowest BCUT2D eigenvalue weighted by molar-refractivity contribution is -0.163. The van der Waals surface area contributed by atoms with Gasteiger partial charge in [-0.3, -0.25) is 4.90 Å². The summed E-state index contributed by atoms with van der Waals surface area (Å²) in [6, 6.07) is 7.08. The Morgan fingerprint density at radius 1 is 1.10 bits per heavy atom. The van der Waals surface area contributed by atoms with E-state index < -0.39 is 40.1 Å². The summed E-state index contributed by atoms with van der Waals surface area (Å²) in [4.78, 5) is 14.9. The van der Waals surface area contributed by atoms with Gasteiger partial charge in [0.1, 0.15) is 22.9 Å². The van der Waals surface area contributed by atoms with Gasteiger partial charge in [-0.25, -0.2) is 13.6 Å². The third kappa shape index (κ3) is 5.51. The van der Waals surface area contributed by atoms with Crippen LogP contribution < -0.4 is 9.64 Å². The fourth-order valence-electron chi connectivity index (χ4n) is 2.12. The lowest BCUT2D eigenvalue weighted by Gasteiger charge is -2.20. The van der Waals surface area contributed by atoms with E-state index in [1.54, 1.807) is 0 Å². The normalized spacial score (nSPS) is 12.1. The van der Waals surface area contributed by atoms with Crippen molar-refractivity contribution in [3.05, 3.63) is 59.7 Å². The van der Waals surface area contributed by atoms with E-state index in [4.69, 9.17) is 27.9 Å². The zero-order valence-corrected chi connectivity index (χ0v) is 16.5. The predicted molar refractivity (Wildman–Crippen MR) is 101 cm³/mol. The molecule has 0 unspecified atom stereocenters. The minimum Gasteiger partial charge on any atom is -0.480 e. The van der Waals surface area contributed by atoms with Crippen LogP contribution in [0.15, 0.2) is 47.5 Å². The average molecular weight is 453 g/mol. The van der Waals surface area contributed by atoms with Crippen LogP contribution in [0.2, 0.25) is 0 Å². The van der Waals surface area contributed by atoms with Crippen LogP contribution in [0.1, 0.15) is 5.56 Å². The van der Waals surface area contributed by atoms with Crippen molar-refractivity contribution in [2.24, 2.45) is 4.99 Å². The van der Waals surface area contributed by atoms with Crippen molar-refractivity contribution in [3.63, 3.8) is 0 Å². The van der Waals surface area contributed by atoms with E-state index in [2.05, 4.69) is 9.73 Å². The lowest BCUT2D eigenvalue weighted by atomic mass is 10.2. The first-order valence-electron chi connectivity index (χ1n) is 7.86. The van der Waals surface area contributed by atoms with Crippen molar-refractivity contribution < 1.29 is 31.8 Å². The Kier molecular flexibility index (Phi) is 7.32. The van der Waals surface area contributed by atoms with Crippen molar-refractivity contribution in [2.75, 3.05) is 19.1 Å². The maximum atomic E-state index is 13.9. The molecule has 0 radical (unpaired) electrons. The average Bonchev–Trinajstić information content (AvgIpc) is 2.66. The van der Waals surface area contributed by atoms with Gasteiger partial charge in [-0.05, 0) is 36.4 Å². The fourth-order valence-corrected chi connectivity index (χ4v) is 2.21. The van der Waals surface area contributed by atoms with Crippen molar-refractivity contribution in [3.8, 4) is 5.75 Å². The largest absolute Gasteiger partial charge is 0.480 e. The van der Waals surface area contributed by atoms with Gasteiger partial charge in [0, 0.05) is 12.7 Å². The number of carbonyl (C=O) groups excluding carboxylic acids is 1. The summed E-state index contributed by atoms with van der Waals surface area (Å²) < 4.78 is 63.8. The minimum absolute atomic E-state index is 0.229. The van der Waals surface area contributed by atoms with E-state index in [1.165, 1.54) is 19.2 Å². The topological polar surface area (TPSA) is 51.1 Å². The van der Waals surface area contributed by atoms with E-state index in [1.807, 2.05) is 0 Å². The highest BCUT2D eigenvalue weighted by Crippen LogP contribution is 2.31. The molecular formula is C18H14Cl2F4N2O3. The third-order valence-corrected chi connectivity index (χ3v) is 4.09. The molecule has 0 spiro atoms. The zero-order valence-electron chi connectivity index (χ0n) is 15.0. The number of halogens is 6. The molecule has 0 saturated carbocycles. The predicted octanol–water partition coefficient (Wildman–Crippen LogP) is 5.39. The molecule has 0 atom stereocenters. The molecule has 0 aliphatic heterocycles. The van der Waals surface area contributed by atoms with Crippen LogP contribution in [0.3, 0.4) is 0 Å².